The van der Waals surface area contributed by atoms with E-state index in [2.05, 4.69) is 5.32 Å². The molecule has 2 aliphatic heterocycles. The molecule has 2 saturated carbocycles. The second-order valence-electron chi connectivity index (χ2n) is 4.83. The van der Waals surface area contributed by atoms with Gasteiger partial charge in [-0.25, -0.2) is 0 Å². The number of fused-ring (bicyclic) bond motifs is 1. The van der Waals surface area contributed by atoms with E-state index < -0.39 is 0 Å². The van der Waals surface area contributed by atoms with Crippen molar-refractivity contribution in [3.05, 3.63) is 0 Å². The summed E-state index contributed by atoms with van der Waals surface area (Å²) in [5, 5.41) is 3.61. The Morgan fingerprint density at radius 3 is 2.36 bits per heavy atom. The van der Waals surface area contributed by atoms with Crippen molar-refractivity contribution in [1.29, 1.82) is 0 Å². The third-order valence-corrected chi connectivity index (χ3v) is 4.27. The minimum absolute atomic E-state index is 0.807. The Labute approximate surface area is 68.6 Å². The molecule has 62 valence electrons. The van der Waals surface area contributed by atoms with Gasteiger partial charge in [-0.15, -0.1) is 0 Å². The van der Waals surface area contributed by atoms with Gasteiger partial charge in [-0.05, 0) is 37.0 Å². The first-order valence-electron chi connectivity index (χ1n) is 5.12. The fraction of sp³-hybridized carbons (Fsp3) is 1.00. The van der Waals surface area contributed by atoms with Crippen LogP contribution >= 0.6 is 0 Å². The van der Waals surface area contributed by atoms with Crippen molar-refractivity contribution in [3.63, 3.8) is 0 Å². The minimum atomic E-state index is 0.807. The Morgan fingerprint density at radius 2 is 1.82 bits per heavy atom. The van der Waals surface area contributed by atoms with Crippen LogP contribution in [0, 0.1) is 11.3 Å². The molecule has 0 spiro atoms. The van der Waals surface area contributed by atoms with Crippen LogP contribution in [0.1, 0.15) is 38.5 Å². The maximum Gasteiger partial charge on any atom is 0.00790 e. The van der Waals surface area contributed by atoms with E-state index in [0.717, 1.165) is 17.4 Å². The van der Waals surface area contributed by atoms with E-state index in [1.165, 1.54) is 45.1 Å². The van der Waals surface area contributed by atoms with Crippen molar-refractivity contribution in [2.24, 2.45) is 11.3 Å². The van der Waals surface area contributed by atoms with Crippen molar-refractivity contribution in [2.45, 2.75) is 44.6 Å². The molecule has 4 rings (SSSR count). The zero-order valence-electron chi connectivity index (χ0n) is 7.10. The van der Waals surface area contributed by atoms with E-state index in [1.54, 1.807) is 0 Å². The maximum absolute atomic E-state index is 3.61. The van der Waals surface area contributed by atoms with E-state index in [-0.39, 0.29) is 0 Å². The average Bonchev–Trinajstić information content (AvgIpc) is 2.59. The predicted octanol–water partition coefficient (Wildman–Crippen LogP) is 1.93. The zero-order valence-corrected chi connectivity index (χ0v) is 7.10. The second-order valence-corrected chi connectivity index (χ2v) is 4.83. The van der Waals surface area contributed by atoms with Crippen LogP contribution in [-0.4, -0.2) is 12.6 Å². The topological polar surface area (TPSA) is 12.0 Å². The van der Waals surface area contributed by atoms with Crippen molar-refractivity contribution in [2.75, 3.05) is 6.54 Å². The largest absolute Gasteiger partial charge is 0.313 e. The highest BCUT2D eigenvalue weighted by molar-refractivity contribution is 5.09. The number of hydrogen-bond donors (Lipinski definition) is 1. The summed E-state index contributed by atoms with van der Waals surface area (Å²) in [5.41, 5.74) is 0.807. The molecule has 1 N–H and O–H groups in total. The van der Waals surface area contributed by atoms with Crippen molar-refractivity contribution < 1.29 is 0 Å². The minimum Gasteiger partial charge on any atom is -0.313 e. The first kappa shape index (κ1) is 6.47. The lowest BCUT2D eigenvalue weighted by Crippen LogP contribution is -2.39. The SMILES string of the molecule is C1CCC(C23CNC(C2)C3)C1. The molecule has 0 atom stereocenters. The standard InChI is InChI=1S/C10H17N/c1-2-4-8(3-1)10-5-9(6-10)11-7-10/h8-9,11H,1-7H2. The lowest BCUT2D eigenvalue weighted by molar-refractivity contribution is 0.105. The van der Waals surface area contributed by atoms with Crippen molar-refractivity contribution >= 4 is 0 Å². The van der Waals surface area contributed by atoms with Crippen LogP contribution in [0.4, 0.5) is 0 Å². The second kappa shape index (κ2) is 2.01. The van der Waals surface area contributed by atoms with Crippen LogP contribution in [0.15, 0.2) is 0 Å². The first-order chi connectivity index (χ1) is 5.39. The Bertz CT molecular complexity index is 158. The van der Waals surface area contributed by atoms with Gasteiger partial charge in [0.05, 0.1) is 0 Å². The van der Waals surface area contributed by atoms with Crippen LogP contribution in [0.5, 0.6) is 0 Å². The highest BCUT2D eigenvalue weighted by Crippen LogP contribution is 2.56. The first-order valence-corrected chi connectivity index (χ1v) is 5.12. The maximum atomic E-state index is 3.61. The third kappa shape index (κ3) is 0.752. The molecule has 1 nitrogen and oxygen atoms in total. The molecule has 0 unspecified atom stereocenters. The van der Waals surface area contributed by atoms with Crippen LogP contribution in [0.3, 0.4) is 0 Å². The number of hydrogen-bond acceptors (Lipinski definition) is 1. The smallest absolute Gasteiger partial charge is 0.00790 e. The Hall–Kier alpha value is -0.0400. The third-order valence-electron chi connectivity index (χ3n) is 4.27. The number of nitrogens with one attached hydrogen (secondary N) is 1. The summed E-state index contributed by atoms with van der Waals surface area (Å²) < 4.78 is 0. The summed E-state index contributed by atoms with van der Waals surface area (Å²) >= 11 is 0. The van der Waals surface area contributed by atoms with Gasteiger partial charge in [0.1, 0.15) is 0 Å². The van der Waals surface area contributed by atoms with E-state index >= 15 is 0 Å². The molecule has 0 aromatic rings. The molecule has 2 bridgehead atoms. The van der Waals surface area contributed by atoms with Crippen LogP contribution in [0.25, 0.3) is 0 Å². The fourth-order valence-electron chi connectivity index (χ4n) is 3.57. The summed E-state index contributed by atoms with van der Waals surface area (Å²) in [6, 6.07) is 0.926. The monoisotopic (exact) mass is 151 g/mol. The van der Waals surface area contributed by atoms with Crippen LogP contribution in [0.2, 0.25) is 0 Å². The molecule has 2 aliphatic carbocycles. The lowest BCUT2D eigenvalue weighted by Gasteiger charge is -2.42. The summed E-state index contributed by atoms with van der Waals surface area (Å²) in [6.07, 6.45) is 9.12. The van der Waals surface area contributed by atoms with Gasteiger partial charge in [0, 0.05) is 12.6 Å². The van der Waals surface area contributed by atoms with Gasteiger partial charge >= 0.3 is 0 Å². The molecule has 2 heterocycles. The summed E-state index contributed by atoms with van der Waals surface area (Å²) in [5.74, 6) is 1.11. The van der Waals surface area contributed by atoms with Gasteiger partial charge in [-0.2, -0.15) is 0 Å². The van der Waals surface area contributed by atoms with Gasteiger partial charge in [-0.3, -0.25) is 0 Å². The molecule has 1 heteroatoms. The molecule has 4 fully saturated rings. The van der Waals surface area contributed by atoms with Gasteiger partial charge in [-0.1, -0.05) is 12.8 Å². The molecule has 0 radical (unpaired) electrons. The molecule has 2 saturated heterocycles. The molecule has 11 heavy (non-hydrogen) atoms. The summed E-state index contributed by atoms with van der Waals surface area (Å²) in [4.78, 5) is 0. The van der Waals surface area contributed by atoms with E-state index in [0.29, 0.717) is 0 Å². The quantitative estimate of drug-likeness (QED) is 0.604. The Balaban J connectivity index is 1.77. The molecular formula is C10H17N. The number of rotatable bonds is 1. The Kier molecular flexibility index (Phi) is 1.18. The summed E-state index contributed by atoms with van der Waals surface area (Å²) in [7, 11) is 0. The normalized spacial score (nSPS) is 49.6. The van der Waals surface area contributed by atoms with Gasteiger partial charge in [0.15, 0.2) is 0 Å². The molecule has 0 amide bonds. The molecule has 4 aliphatic rings. The van der Waals surface area contributed by atoms with Gasteiger partial charge in [0.25, 0.3) is 0 Å². The summed E-state index contributed by atoms with van der Waals surface area (Å²) in [6.45, 7) is 1.35. The van der Waals surface area contributed by atoms with Crippen LogP contribution < -0.4 is 5.32 Å². The zero-order chi connectivity index (χ0) is 7.31. The lowest BCUT2D eigenvalue weighted by atomic mass is 9.62. The highest BCUT2D eigenvalue weighted by Gasteiger charge is 2.54. The van der Waals surface area contributed by atoms with E-state index in [4.69, 9.17) is 0 Å². The molecule has 0 aromatic heterocycles. The highest BCUT2D eigenvalue weighted by atomic mass is 15.0. The fourth-order valence-corrected chi connectivity index (χ4v) is 3.57. The van der Waals surface area contributed by atoms with Gasteiger partial charge < -0.3 is 5.32 Å². The van der Waals surface area contributed by atoms with E-state index in [1.807, 2.05) is 0 Å². The average molecular weight is 151 g/mol. The van der Waals surface area contributed by atoms with E-state index in [9.17, 15) is 0 Å². The molecule has 0 aromatic carbocycles. The van der Waals surface area contributed by atoms with Gasteiger partial charge in [0.2, 0.25) is 0 Å². The van der Waals surface area contributed by atoms with Crippen molar-refractivity contribution in [3.8, 4) is 0 Å². The van der Waals surface area contributed by atoms with Crippen LogP contribution in [-0.2, 0) is 0 Å². The predicted molar refractivity (Wildman–Crippen MR) is 45.4 cm³/mol. The molecular weight excluding hydrogens is 134 g/mol. The Morgan fingerprint density at radius 1 is 1.09 bits per heavy atom. The van der Waals surface area contributed by atoms with Crippen molar-refractivity contribution in [1.82, 2.24) is 5.32 Å².